The maximum atomic E-state index is 11.9. The van der Waals surface area contributed by atoms with Crippen LogP contribution in [0.25, 0.3) is 10.9 Å². The van der Waals surface area contributed by atoms with Crippen molar-refractivity contribution < 1.29 is 9.59 Å². The van der Waals surface area contributed by atoms with Crippen LogP contribution in [0.15, 0.2) is 12.1 Å². The van der Waals surface area contributed by atoms with E-state index in [0.717, 1.165) is 47.2 Å². The first kappa shape index (κ1) is 18.8. The van der Waals surface area contributed by atoms with Gasteiger partial charge in [-0.3, -0.25) is 9.59 Å². The Kier molecular flexibility index (Phi) is 5.41. The van der Waals surface area contributed by atoms with Gasteiger partial charge < -0.3 is 20.9 Å². The van der Waals surface area contributed by atoms with Gasteiger partial charge in [0.25, 0.3) is 11.8 Å². The smallest absolute Gasteiger partial charge is 0.296 e. The lowest BCUT2D eigenvalue weighted by atomic mass is 10.0. The molecule has 2 heterocycles. The standard InChI is InChI=1S/C21H26N4O2/c1-4-5-8-18(26)24-15-7-6-11-25(12-15)17-10-9-16(21(22)27)20-19(17)13(2)14(3)23-20/h9-10,15,23H,4,6-7,11-12H2,1-3H3,(H2,22,27)(H,24,26). The first-order chi connectivity index (χ1) is 12.9. The molecule has 1 aliphatic heterocycles. The average Bonchev–Trinajstić information content (AvgIpc) is 2.94. The van der Waals surface area contributed by atoms with Crippen molar-refractivity contribution >= 4 is 28.4 Å². The maximum Gasteiger partial charge on any atom is 0.296 e. The Labute approximate surface area is 159 Å². The molecule has 142 valence electrons. The van der Waals surface area contributed by atoms with Crippen LogP contribution in [0.4, 0.5) is 5.69 Å². The predicted molar refractivity (Wildman–Crippen MR) is 108 cm³/mol. The van der Waals surface area contributed by atoms with Crippen LogP contribution in [0.5, 0.6) is 0 Å². The molecule has 4 N–H and O–H groups in total. The second-order valence-electron chi connectivity index (χ2n) is 7.04. The molecule has 6 heteroatoms. The normalized spacial score (nSPS) is 16.7. The molecule has 1 fully saturated rings. The van der Waals surface area contributed by atoms with Crippen LogP contribution < -0.4 is 16.0 Å². The fourth-order valence-electron chi connectivity index (χ4n) is 3.74. The highest BCUT2D eigenvalue weighted by Gasteiger charge is 2.25. The van der Waals surface area contributed by atoms with E-state index in [9.17, 15) is 9.59 Å². The Bertz CT molecular complexity index is 948. The number of carbonyl (C=O) groups is 2. The number of nitrogens with one attached hydrogen (secondary N) is 2. The van der Waals surface area contributed by atoms with Crippen LogP contribution >= 0.6 is 0 Å². The molecule has 1 atom stereocenters. The Morgan fingerprint density at radius 2 is 2.15 bits per heavy atom. The molecule has 2 aromatic rings. The van der Waals surface area contributed by atoms with E-state index >= 15 is 0 Å². The second-order valence-corrected chi connectivity index (χ2v) is 7.04. The summed E-state index contributed by atoms with van der Waals surface area (Å²) >= 11 is 0. The molecule has 1 aliphatic rings. The molecule has 1 aromatic carbocycles. The SMILES string of the molecule is CCC#CC(=O)NC1CCCN(c2ccc(C(N)=O)c3[nH]c(C)c(C)c23)C1. The number of anilines is 1. The van der Waals surface area contributed by atoms with Crippen molar-refractivity contribution in [1.29, 1.82) is 0 Å². The number of aromatic amines is 1. The number of primary amides is 1. The lowest BCUT2D eigenvalue weighted by Gasteiger charge is -2.35. The summed E-state index contributed by atoms with van der Waals surface area (Å²) in [4.78, 5) is 29.3. The van der Waals surface area contributed by atoms with Gasteiger partial charge in [0, 0.05) is 42.3 Å². The Morgan fingerprint density at radius 3 is 2.85 bits per heavy atom. The van der Waals surface area contributed by atoms with Crippen LogP contribution in [0.3, 0.4) is 0 Å². The minimum atomic E-state index is -0.439. The van der Waals surface area contributed by atoms with E-state index in [-0.39, 0.29) is 11.9 Å². The van der Waals surface area contributed by atoms with Gasteiger partial charge in [-0.05, 0) is 50.3 Å². The third-order valence-electron chi connectivity index (χ3n) is 5.17. The van der Waals surface area contributed by atoms with E-state index in [0.29, 0.717) is 18.5 Å². The number of rotatable bonds is 3. The molecule has 2 amide bonds. The summed E-state index contributed by atoms with van der Waals surface area (Å²) < 4.78 is 0. The fraction of sp³-hybridized carbons (Fsp3) is 0.429. The molecule has 1 saturated heterocycles. The number of amides is 2. The number of aromatic nitrogens is 1. The largest absolute Gasteiger partial charge is 0.369 e. The Balaban J connectivity index is 1.92. The number of carbonyl (C=O) groups excluding carboxylic acids is 2. The number of benzene rings is 1. The van der Waals surface area contributed by atoms with Gasteiger partial charge in [0.2, 0.25) is 0 Å². The first-order valence-corrected chi connectivity index (χ1v) is 9.38. The second kappa shape index (κ2) is 7.75. The van der Waals surface area contributed by atoms with Gasteiger partial charge in [-0.2, -0.15) is 0 Å². The zero-order valence-electron chi connectivity index (χ0n) is 16.1. The quantitative estimate of drug-likeness (QED) is 0.729. The van der Waals surface area contributed by atoms with Gasteiger partial charge in [-0.1, -0.05) is 12.8 Å². The number of hydrogen-bond donors (Lipinski definition) is 3. The van der Waals surface area contributed by atoms with Crippen LogP contribution in [0, 0.1) is 25.7 Å². The summed E-state index contributed by atoms with van der Waals surface area (Å²) in [5.41, 5.74) is 10.0. The van der Waals surface area contributed by atoms with Gasteiger partial charge in [-0.25, -0.2) is 0 Å². The molecular weight excluding hydrogens is 340 g/mol. The van der Waals surface area contributed by atoms with Crippen molar-refractivity contribution in [3.05, 3.63) is 29.0 Å². The molecule has 27 heavy (non-hydrogen) atoms. The molecule has 3 rings (SSSR count). The molecule has 0 radical (unpaired) electrons. The molecule has 6 nitrogen and oxygen atoms in total. The highest BCUT2D eigenvalue weighted by molar-refractivity contribution is 6.10. The fourth-order valence-corrected chi connectivity index (χ4v) is 3.74. The number of aryl methyl sites for hydroxylation is 2. The number of H-pyrrole nitrogens is 1. The molecule has 0 spiro atoms. The maximum absolute atomic E-state index is 11.9. The Morgan fingerprint density at radius 1 is 1.37 bits per heavy atom. The zero-order chi connectivity index (χ0) is 19.6. The van der Waals surface area contributed by atoms with Crippen molar-refractivity contribution in [3.63, 3.8) is 0 Å². The van der Waals surface area contributed by atoms with E-state index in [1.807, 2.05) is 26.8 Å². The Hall–Kier alpha value is -2.94. The lowest BCUT2D eigenvalue weighted by molar-refractivity contribution is -0.116. The van der Waals surface area contributed by atoms with Gasteiger partial charge in [0.15, 0.2) is 0 Å². The molecule has 0 aliphatic carbocycles. The number of nitrogens with two attached hydrogens (primary N) is 1. The minimum Gasteiger partial charge on any atom is -0.369 e. The summed E-state index contributed by atoms with van der Waals surface area (Å²) in [5.74, 6) is 4.77. The lowest BCUT2D eigenvalue weighted by Crippen LogP contribution is -2.47. The molecule has 0 saturated carbocycles. The summed E-state index contributed by atoms with van der Waals surface area (Å²) in [6, 6.07) is 3.80. The highest BCUT2D eigenvalue weighted by Crippen LogP contribution is 2.34. The van der Waals surface area contributed by atoms with Crippen LogP contribution in [0.1, 0.15) is 47.8 Å². The van der Waals surface area contributed by atoms with Gasteiger partial charge in [0.05, 0.1) is 11.1 Å². The monoisotopic (exact) mass is 366 g/mol. The van der Waals surface area contributed by atoms with Crippen molar-refractivity contribution in [2.45, 2.75) is 46.1 Å². The van der Waals surface area contributed by atoms with Crippen LogP contribution in [0.2, 0.25) is 0 Å². The van der Waals surface area contributed by atoms with E-state index in [4.69, 9.17) is 5.73 Å². The van der Waals surface area contributed by atoms with Crippen molar-refractivity contribution in [2.75, 3.05) is 18.0 Å². The van der Waals surface area contributed by atoms with Crippen LogP contribution in [-0.2, 0) is 4.79 Å². The molecule has 1 aromatic heterocycles. The van der Waals surface area contributed by atoms with E-state index in [1.165, 1.54) is 0 Å². The van der Waals surface area contributed by atoms with Gasteiger partial charge in [-0.15, -0.1) is 0 Å². The number of fused-ring (bicyclic) bond motifs is 1. The van der Waals surface area contributed by atoms with Crippen molar-refractivity contribution in [3.8, 4) is 11.8 Å². The first-order valence-electron chi connectivity index (χ1n) is 9.38. The summed E-state index contributed by atoms with van der Waals surface area (Å²) in [5, 5.41) is 4.04. The van der Waals surface area contributed by atoms with E-state index in [1.54, 1.807) is 6.07 Å². The van der Waals surface area contributed by atoms with Crippen molar-refractivity contribution in [2.24, 2.45) is 5.73 Å². The topological polar surface area (TPSA) is 91.2 Å². The van der Waals surface area contributed by atoms with Gasteiger partial charge in [0.1, 0.15) is 0 Å². The molecule has 1 unspecified atom stereocenters. The average molecular weight is 366 g/mol. The highest BCUT2D eigenvalue weighted by atomic mass is 16.1. The number of hydrogen-bond acceptors (Lipinski definition) is 3. The van der Waals surface area contributed by atoms with Gasteiger partial charge >= 0.3 is 0 Å². The van der Waals surface area contributed by atoms with E-state index < -0.39 is 5.91 Å². The third-order valence-corrected chi connectivity index (χ3v) is 5.17. The minimum absolute atomic E-state index is 0.0589. The summed E-state index contributed by atoms with van der Waals surface area (Å²) in [6.07, 6.45) is 2.58. The van der Waals surface area contributed by atoms with E-state index in [2.05, 4.69) is 27.0 Å². The van der Waals surface area contributed by atoms with Crippen LogP contribution in [-0.4, -0.2) is 35.9 Å². The number of piperidine rings is 1. The van der Waals surface area contributed by atoms with Crippen molar-refractivity contribution in [1.82, 2.24) is 10.3 Å². The third kappa shape index (κ3) is 3.77. The predicted octanol–water partition coefficient (Wildman–Crippen LogP) is 2.38. The number of nitrogens with zero attached hydrogens (tertiary/aromatic N) is 1. The summed E-state index contributed by atoms with van der Waals surface area (Å²) in [6.45, 7) is 7.59. The zero-order valence-corrected chi connectivity index (χ0v) is 16.1. The molecule has 0 bridgehead atoms. The molecular formula is C21H26N4O2. The summed E-state index contributed by atoms with van der Waals surface area (Å²) in [7, 11) is 0.